The van der Waals surface area contributed by atoms with Crippen LogP contribution in [0, 0.1) is 6.92 Å². The van der Waals surface area contributed by atoms with Crippen LogP contribution in [-0.2, 0) is 9.47 Å². The van der Waals surface area contributed by atoms with Crippen molar-refractivity contribution in [1.82, 2.24) is 4.98 Å². The van der Waals surface area contributed by atoms with Crippen LogP contribution >= 0.6 is 0 Å². The summed E-state index contributed by atoms with van der Waals surface area (Å²) in [4.78, 5) is 4.16. The highest BCUT2D eigenvalue weighted by atomic mass is 16.7. The van der Waals surface area contributed by atoms with Gasteiger partial charge in [-0.05, 0) is 13.0 Å². The molecule has 0 N–H and O–H groups in total. The molecule has 1 aromatic heterocycles. The Hall–Kier alpha value is -1.13. The summed E-state index contributed by atoms with van der Waals surface area (Å²) in [5.74, 6) is 0.586. The van der Waals surface area contributed by atoms with Gasteiger partial charge in [0, 0.05) is 18.9 Å². The third-order valence-electron chi connectivity index (χ3n) is 1.58. The molecule has 0 aliphatic carbocycles. The summed E-state index contributed by atoms with van der Waals surface area (Å²) in [7, 11) is 1.63. The summed E-state index contributed by atoms with van der Waals surface area (Å²) in [6, 6.07) is 5.61. The van der Waals surface area contributed by atoms with Gasteiger partial charge in [-0.25, -0.2) is 4.98 Å². The Morgan fingerprint density at radius 2 is 2.14 bits per heavy atom. The molecule has 0 unspecified atom stereocenters. The molecule has 1 heterocycles. The first-order chi connectivity index (χ1) is 6.83. The number of hydrogen-bond donors (Lipinski definition) is 0. The van der Waals surface area contributed by atoms with E-state index in [0.29, 0.717) is 19.1 Å². The molecule has 0 spiro atoms. The topological polar surface area (TPSA) is 40.6 Å². The second kappa shape index (κ2) is 6.34. The maximum Gasteiger partial charge on any atom is 0.215 e. The highest BCUT2D eigenvalue weighted by molar-refractivity contribution is 5.14. The first-order valence-corrected chi connectivity index (χ1v) is 4.46. The molecule has 0 aromatic carbocycles. The van der Waals surface area contributed by atoms with Gasteiger partial charge in [0.05, 0.1) is 13.2 Å². The van der Waals surface area contributed by atoms with Crippen LogP contribution < -0.4 is 4.74 Å². The fourth-order valence-corrected chi connectivity index (χ4v) is 0.902. The van der Waals surface area contributed by atoms with Gasteiger partial charge < -0.3 is 14.2 Å². The Morgan fingerprint density at radius 1 is 1.29 bits per heavy atom. The number of ether oxygens (including phenoxy) is 3. The second-order valence-corrected chi connectivity index (χ2v) is 2.78. The predicted octanol–water partition coefficient (Wildman–Crippen LogP) is 1.39. The van der Waals surface area contributed by atoms with E-state index in [1.165, 1.54) is 0 Å². The predicted molar refractivity (Wildman–Crippen MR) is 52.3 cm³/mol. The number of pyridine rings is 1. The van der Waals surface area contributed by atoms with Crippen molar-refractivity contribution in [2.24, 2.45) is 0 Å². The Bertz CT molecular complexity index is 265. The number of aryl methyl sites for hydroxylation is 1. The molecule has 4 heteroatoms. The van der Waals surface area contributed by atoms with Crippen LogP contribution in [-0.4, -0.2) is 32.1 Å². The van der Waals surface area contributed by atoms with Gasteiger partial charge in [-0.3, -0.25) is 0 Å². The summed E-state index contributed by atoms with van der Waals surface area (Å²) in [5.41, 5.74) is 0.930. The van der Waals surface area contributed by atoms with Crippen LogP contribution in [0.3, 0.4) is 0 Å². The van der Waals surface area contributed by atoms with Gasteiger partial charge in [-0.15, -0.1) is 0 Å². The molecule has 0 aliphatic heterocycles. The molecule has 0 atom stereocenters. The summed E-state index contributed by atoms with van der Waals surface area (Å²) < 4.78 is 15.2. The van der Waals surface area contributed by atoms with Crippen LogP contribution in [0.25, 0.3) is 0 Å². The smallest absolute Gasteiger partial charge is 0.215 e. The van der Waals surface area contributed by atoms with Gasteiger partial charge in [0.1, 0.15) is 0 Å². The van der Waals surface area contributed by atoms with Gasteiger partial charge >= 0.3 is 0 Å². The van der Waals surface area contributed by atoms with E-state index in [4.69, 9.17) is 14.2 Å². The van der Waals surface area contributed by atoms with E-state index in [1.54, 1.807) is 13.2 Å². The second-order valence-electron chi connectivity index (χ2n) is 2.78. The van der Waals surface area contributed by atoms with Gasteiger partial charge in [0.25, 0.3) is 0 Å². The lowest BCUT2D eigenvalue weighted by Gasteiger charge is -2.06. The van der Waals surface area contributed by atoms with Crippen LogP contribution in [0.5, 0.6) is 5.88 Å². The normalized spacial score (nSPS) is 10.1. The molecule has 14 heavy (non-hydrogen) atoms. The monoisotopic (exact) mass is 197 g/mol. The van der Waals surface area contributed by atoms with E-state index < -0.39 is 0 Å². The van der Waals surface area contributed by atoms with E-state index in [-0.39, 0.29) is 6.79 Å². The molecule has 0 saturated carbocycles. The van der Waals surface area contributed by atoms with E-state index in [0.717, 1.165) is 5.69 Å². The molecule has 0 amide bonds. The third kappa shape index (κ3) is 4.20. The molecule has 78 valence electrons. The Kier molecular flexibility index (Phi) is 4.96. The first kappa shape index (κ1) is 10.9. The van der Waals surface area contributed by atoms with E-state index in [2.05, 4.69) is 4.98 Å². The lowest BCUT2D eigenvalue weighted by Crippen LogP contribution is -2.08. The van der Waals surface area contributed by atoms with Crippen LogP contribution in [0.4, 0.5) is 0 Å². The van der Waals surface area contributed by atoms with Crippen molar-refractivity contribution in [3.63, 3.8) is 0 Å². The zero-order valence-electron chi connectivity index (χ0n) is 8.53. The Balaban J connectivity index is 2.18. The van der Waals surface area contributed by atoms with Gasteiger partial charge in [-0.1, -0.05) is 6.07 Å². The number of methoxy groups -OCH3 is 1. The lowest BCUT2D eigenvalue weighted by atomic mass is 10.4. The summed E-state index contributed by atoms with van der Waals surface area (Å²) in [5, 5.41) is 0. The molecule has 0 aliphatic rings. The minimum Gasteiger partial charge on any atom is -0.451 e. The fraction of sp³-hybridized carbons (Fsp3) is 0.500. The summed E-state index contributed by atoms with van der Waals surface area (Å²) in [6.07, 6.45) is 0. The van der Waals surface area contributed by atoms with Crippen molar-refractivity contribution in [1.29, 1.82) is 0 Å². The number of rotatable bonds is 6. The van der Waals surface area contributed by atoms with Gasteiger partial charge in [-0.2, -0.15) is 0 Å². The van der Waals surface area contributed by atoms with Gasteiger partial charge in [0.15, 0.2) is 6.79 Å². The average Bonchev–Trinajstić information content (AvgIpc) is 2.18. The molecule has 0 fully saturated rings. The zero-order valence-corrected chi connectivity index (χ0v) is 8.53. The standard InChI is InChI=1S/C10H15NO3/c1-9-4-3-5-10(11-9)14-8-13-7-6-12-2/h3-5H,6-8H2,1-2H3. The molecule has 1 rings (SSSR count). The molecule has 4 nitrogen and oxygen atoms in total. The van der Waals surface area contributed by atoms with Crippen molar-refractivity contribution >= 4 is 0 Å². The highest BCUT2D eigenvalue weighted by Gasteiger charge is 1.94. The van der Waals surface area contributed by atoms with E-state index in [9.17, 15) is 0 Å². The quantitative estimate of drug-likeness (QED) is 0.510. The first-order valence-electron chi connectivity index (χ1n) is 4.46. The number of aromatic nitrogens is 1. The van der Waals surface area contributed by atoms with Gasteiger partial charge in [0.2, 0.25) is 5.88 Å². The highest BCUT2D eigenvalue weighted by Crippen LogP contribution is 2.06. The molecule has 0 radical (unpaired) electrons. The van der Waals surface area contributed by atoms with Crippen molar-refractivity contribution < 1.29 is 14.2 Å². The van der Waals surface area contributed by atoms with Crippen molar-refractivity contribution in [3.05, 3.63) is 23.9 Å². The minimum atomic E-state index is 0.208. The number of hydrogen-bond acceptors (Lipinski definition) is 4. The lowest BCUT2D eigenvalue weighted by molar-refractivity contribution is -0.0105. The van der Waals surface area contributed by atoms with Crippen LogP contribution in [0.15, 0.2) is 18.2 Å². The molecule has 0 bridgehead atoms. The maximum absolute atomic E-state index is 5.24. The summed E-state index contributed by atoms with van der Waals surface area (Å²) >= 11 is 0. The largest absolute Gasteiger partial charge is 0.451 e. The maximum atomic E-state index is 5.24. The molecular formula is C10H15NO3. The Labute approximate surface area is 83.8 Å². The van der Waals surface area contributed by atoms with E-state index in [1.807, 2.05) is 19.1 Å². The van der Waals surface area contributed by atoms with E-state index >= 15 is 0 Å². The molecular weight excluding hydrogens is 182 g/mol. The Morgan fingerprint density at radius 3 is 2.86 bits per heavy atom. The van der Waals surface area contributed by atoms with Crippen molar-refractivity contribution in [2.75, 3.05) is 27.1 Å². The SMILES string of the molecule is COCCOCOc1cccc(C)n1. The molecule has 0 saturated heterocycles. The zero-order chi connectivity index (χ0) is 10.2. The number of nitrogens with zero attached hydrogens (tertiary/aromatic N) is 1. The van der Waals surface area contributed by atoms with Crippen molar-refractivity contribution in [2.45, 2.75) is 6.92 Å². The average molecular weight is 197 g/mol. The summed E-state index contributed by atoms with van der Waals surface area (Å²) in [6.45, 7) is 3.23. The molecule has 1 aromatic rings. The minimum absolute atomic E-state index is 0.208. The van der Waals surface area contributed by atoms with Crippen molar-refractivity contribution in [3.8, 4) is 5.88 Å². The van der Waals surface area contributed by atoms with Crippen LogP contribution in [0.2, 0.25) is 0 Å². The van der Waals surface area contributed by atoms with Crippen LogP contribution in [0.1, 0.15) is 5.69 Å². The fourth-order valence-electron chi connectivity index (χ4n) is 0.902. The third-order valence-corrected chi connectivity index (χ3v) is 1.58.